The van der Waals surface area contributed by atoms with Gasteiger partial charge in [0.25, 0.3) is 0 Å². The van der Waals surface area contributed by atoms with E-state index in [2.05, 4.69) is 13.0 Å². The van der Waals surface area contributed by atoms with Crippen LogP contribution in [0.4, 0.5) is 0 Å². The summed E-state index contributed by atoms with van der Waals surface area (Å²) >= 11 is 0. The van der Waals surface area contributed by atoms with Crippen molar-refractivity contribution in [2.24, 2.45) is 5.92 Å². The monoisotopic (exact) mass is 261 g/mol. The first-order valence-corrected chi connectivity index (χ1v) is 6.90. The van der Waals surface area contributed by atoms with E-state index in [0.717, 1.165) is 30.6 Å². The van der Waals surface area contributed by atoms with Crippen LogP contribution in [-0.2, 0) is 0 Å². The van der Waals surface area contributed by atoms with E-state index in [1.54, 1.807) is 6.07 Å². The Balaban J connectivity index is 2.59. The Labute approximate surface area is 115 Å². The third-order valence-electron chi connectivity index (χ3n) is 3.39. The lowest BCUT2D eigenvalue weighted by atomic mass is 9.98. The van der Waals surface area contributed by atoms with Gasteiger partial charge in [0.2, 0.25) is 0 Å². The van der Waals surface area contributed by atoms with Crippen molar-refractivity contribution < 1.29 is 9.84 Å². The largest absolute Gasteiger partial charge is 0.493 e. The van der Waals surface area contributed by atoms with E-state index in [4.69, 9.17) is 10.00 Å². The molecule has 0 heterocycles. The molecule has 0 aliphatic rings. The average molecular weight is 261 g/mol. The van der Waals surface area contributed by atoms with Crippen LogP contribution >= 0.6 is 0 Å². The van der Waals surface area contributed by atoms with E-state index in [-0.39, 0.29) is 12.0 Å². The average Bonchev–Trinajstić information content (AvgIpc) is 2.38. The highest BCUT2D eigenvalue weighted by atomic mass is 16.5. The number of nitriles is 1. The van der Waals surface area contributed by atoms with Gasteiger partial charge in [0.05, 0.1) is 24.3 Å². The molecular formula is C16H23NO2. The van der Waals surface area contributed by atoms with Gasteiger partial charge in [-0.25, -0.2) is 0 Å². The molecule has 3 nitrogen and oxygen atoms in total. The highest BCUT2D eigenvalue weighted by Gasteiger charge is 2.15. The first kappa shape index (κ1) is 15.5. The van der Waals surface area contributed by atoms with Crippen LogP contribution in [0.2, 0.25) is 0 Å². The molecule has 2 atom stereocenters. The number of nitrogens with zero attached hydrogens (tertiary/aromatic N) is 1. The summed E-state index contributed by atoms with van der Waals surface area (Å²) in [6.07, 6.45) is 2.85. The fourth-order valence-electron chi connectivity index (χ4n) is 1.98. The normalized spacial score (nSPS) is 13.6. The Morgan fingerprint density at radius 2 is 2.16 bits per heavy atom. The van der Waals surface area contributed by atoms with Crippen molar-refractivity contribution in [2.45, 2.75) is 46.1 Å². The number of aliphatic hydroxyl groups is 1. The highest BCUT2D eigenvalue weighted by Crippen LogP contribution is 2.19. The zero-order chi connectivity index (χ0) is 14.3. The lowest BCUT2D eigenvalue weighted by Crippen LogP contribution is -2.23. The minimum atomic E-state index is -0.356. The second-order valence-electron chi connectivity index (χ2n) is 5.04. The molecule has 0 fully saturated rings. The quantitative estimate of drug-likeness (QED) is 0.818. The summed E-state index contributed by atoms with van der Waals surface area (Å²) < 4.78 is 5.74. The number of unbranched alkanes of at least 4 members (excludes halogenated alkanes) is 1. The smallest absolute Gasteiger partial charge is 0.119 e. The summed E-state index contributed by atoms with van der Waals surface area (Å²) in [5, 5.41) is 18.6. The van der Waals surface area contributed by atoms with Crippen LogP contribution in [0.1, 0.15) is 44.2 Å². The molecule has 0 bridgehead atoms. The van der Waals surface area contributed by atoms with Crippen LogP contribution in [0.3, 0.4) is 0 Å². The molecule has 0 saturated carbocycles. The van der Waals surface area contributed by atoms with Crippen LogP contribution in [-0.4, -0.2) is 17.8 Å². The summed E-state index contributed by atoms with van der Waals surface area (Å²) in [6, 6.07) is 7.59. The predicted octanol–water partition coefficient (Wildman–Crippen LogP) is 3.43. The number of aryl methyl sites for hydroxylation is 1. The molecule has 3 heteroatoms. The number of aliphatic hydroxyl groups excluding tert-OH is 1. The van der Waals surface area contributed by atoms with Gasteiger partial charge in [-0.2, -0.15) is 5.26 Å². The summed E-state index contributed by atoms with van der Waals surface area (Å²) in [6.45, 7) is 6.37. The first-order chi connectivity index (χ1) is 9.08. The van der Waals surface area contributed by atoms with Crippen LogP contribution in [0.25, 0.3) is 0 Å². The van der Waals surface area contributed by atoms with Gasteiger partial charge in [0.15, 0.2) is 0 Å². The number of hydrogen-bond donors (Lipinski definition) is 1. The molecule has 0 radical (unpaired) electrons. The Morgan fingerprint density at radius 3 is 2.68 bits per heavy atom. The highest BCUT2D eigenvalue weighted by molar-refractivity contribution is 5.41. The van der Waals surface area contributed by atoms with Crippen LogP contribution in [0.15, 0.2) is 18.2 Å². The Morgan fingerprint density at radius 1 is 1.42 bits per heavy atom. The molecule has 0 amide bonds. The maximum absolute atomic E-state index is 9.73. The van der Waals surface area contributed by atoms with Gasteiger partial charge in [-0.15, -0.1) is 0 Å². The van der Waals surface area contributed by atoms with Gasteiger partial charge < -0.3 is 9.84 Å². The summed E-state index contributed by atoms with van der Waals surface area (Å²) in [5.41, 5.74) is 1.59. The lowest BCUT2D eigenvalue weighted by Gasteiger charge is -2.20. The number of ether oxygens (including phenoxy) is 1. The Kier molecular flexibility index (Phi) is 6.38. The molecule has 104 valence electrons. The topological polar surface area (TPSA) is 53.2 Å². The lowest BCUT2D eigenvalue weighted by molar-refractivity contribution is 0.0823. The molecule has 0 aliphatic heterocycles. The molecule has 1 aromatic rings. The van der Waals surface area contributed by atoms with Gasteiger partial charge in [0, 0.05) is 5.92 Å². The van der Waals surface area contributed by atoms with E-state index in [1.165, 1.54) is 0 Å². The maximum atomic E-state index is 9.73. The third-order valence-corrected chi connectivity index (χ3v) is 3.39. The second-order valence-corrected chi connectivity index (χ2v) is 5.04. The van der Waals surface area contributed by atoms with Crippen molar-refractivity contribution in [3.05, 3.63) is 29.3 Å². The van der Waals surface area contributed by atoms with Gasteiger partial charge in [-0.05, 0) is 44.0 Å². The number of benzene rings is 1. The van der Waals surface area contributed by atoms with Crippen LogP contribution in [0.5, 0.6) is 5.75 Å². The van der Waals surface area contributed by atoms with Crippen molar-refractivity contribution in [3.8, 4) is 11.8 Å². The Bertz CT molecular complexity index is 435. The minimum Gasteiger partial charge on any atom is -0.493 e. The first-order valence-electron chi connectivity index (χ1n) is 6.90. The van der Waals surface area contributed by atoms with Crippen molar-refractivity contribution in [3.63, 3.8) is 0 Å². The zero-order valence-electron chi connectivity index (χ0n) is 12.0. The van der Waals surface area contributed by atoms with Gasteiger partial charge in [-0.1, -0.05) is 19.8 Å². The minimum absolute atomic E-state index is 0.163. The molecule has 2 unspecified atom stereocenters. The SMILES string of the molecule is CCCCC(COc1ccc(C#N)c(C)c1)C(C)O. The van der Waals surface area contributed by atoms with Crippen LogP contribution < -0.4 is 4.74 Å². The predicted molar refractivity (Wildman–Crippen MR) is 76.1 cm³/mol. The van der Waals surface area contributed by atoms with E-state index in [1.807, 2.05) is 26.0 Å². The third kappa shape index (κ3) is 4.92. The maximum Gasteiger partial charge on any atom is 0.119 e. The van der Waals surface area contributed by atoms with E-state index in [9.17, 15) is 5.11 Å². The number of hydrogen-bond acceptors (Lipinski definition) is 3. The molecule has 0 aliphatic carbocycles. The van der Waals surface area contributed by atoms with E-state index >= 15 is 0 Å². The standard InChI is InChI=1S/C16H23NO2/c1-4-5-6-15(13(3)18)11-19-16-8-7-14(10-17)12(2)9-16/h7-9,13,15,18H,4-6,11H2,1-3H3. The van der Waals surface area contributed by atoms with Crippen molar-refractivity contribution in [1.82, 2.24) is 0 Å². The summed E-state index contributed by atoms with van der Waals surface area (Å²) in [7, 11) is 0. The molecule has 0 saturated heterocycles. The van der Waals surface area contributed by atoms with Gasteiger partial charge in [-0.3, -0.25) is 0 Å². The molecule has 1 rings (SSSR count). The van der Waals surface area contributed by atoms with Crippen LogP contribution in [0, 0.1) is 24.2 Å². The zero-order valence-corrected chi connectivity index (χ0v) is 12.0. The Hall–Kier alpha value is -1.53. The molecule has 19 heavy (non-hydrogen) atoms. The molecular weight excluding hydrogens is 238 g/mol. The van der Waals surface area contributed by atoms with E-state index < -0.39 is 0 Å². The molecule has 1 N–H and O–H groups in total. The second kappa shape index (κ2) is 7.81. The summed E-state index contributed by atoms with van der Waals surface area (Å²) in [5.74, 6) is 0.926. The van der Waals surface area contributed by atoms with Crippen molar-refractivity contribution in [2.75, 3.05) is 6.61 Å². The fourth-order valence-corrected chi connectivity index (χ4v) is 1.98. The molecule has 0 spiro atoms. The molecule has 0 aromatic heterocycles. The van der Waals surface area contributed by atoms with Gasteiger partial charge in [0.1, 0.15) is 5.75 Å². The summed E-state index contributed by atoms with van der Waals surface area (Å²) in [4.78, 5) is 0. The van der Waals surface area contributed by atoms with Gasteiger partial charge >= 0.3 is 0 Å². The van der Waals surface area contributed by atoms with Crippen molar-refractivity contribution in [1.29, 1.82) is 5.26 Å². The van der Waals surface area contributed by atoms with E-state index in [0.29, 0.717) is 12.2 Å². The fraction of sp³-hybridized carbons (Fsp3) is 0.562. The van der Waals surface area contributed by atoms with Crippen molar-refractivity contribution >= 4 is 0 Å². The number of rotatable bonds is 7. The molecule has 1 aromatic carbocycles.